The first kappa shape index (κ1) is 26.5. The van der Waals surface area contributed by atoms with Gasteiger partial charge in [-0.25, -0.2) is 14.7 Å². The van der Waals surface area contributed by atoms with Gasteiger partial charge in [0, 0.05) is 43.6 Å². The predicted octanol–water partition coefficient (Wildman–Crippen LogP) is 4.79. The van der Waals surface area contributed by atoms with Gasteiger partial charge in [-0.2, -0.15) is 0 Å². The van der Waals surface area contributed by atoms with Gasteiger partial charge in [0.05, 0.1) is 31.9 Å². The molecular formula is C27H31N5O6. The second-order valence-electron chi connectivity index (χ2n) is 8.90. The SMILES string of the molecule is COc1ccc(N(C(=O)N2CCN(c3cccc(C)c3)C(C)C2)c2ncccc2[N+](=O)[O-])c(OC)c1OC. The second kappa shape index (κ2) is 11.2. The number of hydrogen-bond acceptors (Lipinski definition) is 8. The number of piperazine rings is 1. The predicted molar refractivity (Wildman–Crippen MR) is 144 cm³/mol. The van der Waals surface area contributed by atoms with Crippen LogP contribution in [0.3, 0.4) is 0 Å². The molecule has 0 spiro atoms. The van der Waals surface area contributed by atoms with E-state index in [1.807, 2.05) is 26.0 Å². The van der Waals surface area contributed by atoms with Crippen molar-refractivity contribution in [2.24, 2.45) is 0 Å². The Labute approximate surface area is 221 Å². The monoisotopic (exact) mass is 521 g/mol. The number of ether oxygens (including phenoxy) is 3. The lowest BCUT2D eigenvalue weighted by molar-refractivity contribution is -0.384. The fourth-order valence-corrected chi connectivity index (χ4v) is 4.74. The molecule has 1 unspecified atom stereocenters. The molecule has 1 fully saturated rings. The van der Waals surface area contributed by atoms with E-state index in [4.69, 9.17) is 14.2 Å². The van der Waals surface area contributed by atoms with Crippen LogP contribution in [0.1, 0.15) is 12.5 Å². The van der Waals surface area contributed by atoms with Crippen LogP contribution in [0.4, 0.5) is 27.7 Å². The summed E-state index contributed by atoms with van der Waals surface area (Å²) < 4.78 is 16.5. The highest BCUT2D eigenvalue weighted by Gasteiger charge is 2.36. The Morgan fingerprint density at radius 2 is 1.82 bits per heavy atom. The summed E-state index contributed by atoms with van der Waals surface area (Å²) in [5.41, 5.74) is 2.17. The first-order valence-electron chi connectivity index (χ1n) is 12.1. The number of rotatable bonds is 7. The summed E-state index contributed by atoms with van der Waals surface area (Å²) in [6, 6.07) is 13.8. The van der Waals surface area contributed by atoms with Gasteiger partial charge in [-0.05, 0) is 49.7 Å². The smallest absolute Gasteiger partial charge is 0.330 e. The molecule has 38 heavy (non-hydrogen) atoms. The first-order valence-corrected chi connectivity index (χ1v) is 12.1. The molecule has 1 aromatic heterocycles. The Morgan fingerprint density at radius 1 is 1.05 bits per heavy atom. The van der Waals surface area contributed by atoms with Crippen LogP contribution in [0, 0.1) is 17.0 Å². The molecule has 0 aliphatic carbocycles. The van der Waals surface area contributed by atoms with Crippen LogP contribution in [0.2, 0.25) is 0 Å². The number of nitro groups is 1. The number of nitrogens with zero attached hydrogens (tertiary/aromatic N) is 5. The van der Waals surface area contributed by atoms with Crippen LogP contribution in [-0.2, 0) is 0 Å². The van der Waals surface area contributed by atoms with E-state index < -0.39 is 11.0 Å². The zero-order valence-electron chi connectivity index (χ0n) is 22.1. The number of aromatic nitrogens is 1. The molecule has 2 heterocycles. The van der Waals surface area contributed by atoms with Gasteiger partial charge in [0.1, 0.15) is 0 Å². The average Bonchev–Trinajstić information content (AvgIpc) is 2.92. The number of amides is 2. The van der Waals surface area contributed by atoms with E-state index in [2.05, 4.69) is 22.0 Å². The number of hydrogen-bond donors (Lipinski definition) is 0. The Morgan fingerprint density at radius 3 is 2.45 bits per heavy atom. The Bertz CT molecular complexity index is 1330. The van der Waals surface area contributed by atoms with Crippen molar-refractivity contribution >= 4 is 28.9 Å². The highest BCUT2D eigenvalue weighted by Crippen LogP contribution is 2.47. The molecule has 1 aliphatic rings. The van der Waals surface area contributed by atoms with E-state index in [1.165, 1.54) is 44.6 Å². The van der Waals surface area contributed by atoms with Crippen molar-refractivity contribution in [1.82, 2.24) is 9.88 Å². The normalized spacial score (nSPS) is 15.1. The van der Waals surface area contributed by atoms with Crippen molar-refractivity contribution in [2.45, 2.75) is 19.9 Å². The first-order chi connectivity index (χ1) is 18.3. The lowest BCUT2D eigenvalue weighted by Gasteiger charge is -2.42. The zero-order valence-corrected chi connectivity index (χ0v) is 22.1. The average molecular weight is 522 g/mol. The Hall–Kier alpha value is -4.54. The van der Waals surface area contributed by atoms with E-state index in [1.54, 1.807) is 17.0 Å². The standard InChI is InChI=1S/C27H31N5O6/c1-18-8-6-9-20(16-18)30-15-14-29(17-19(30)2)27(33)31(26-22(32(34)35)10-7-13-28-26)21-11-12-23(36-3)25(38-5)24(21)37-4/h6-13,16,19H,14-15,17H2,1-5H3. The molecule has 0 radical (unpaired) electrons. The summed E-state index contributed by atoms with van der Waals surface area (Å²) >= 11 is 0. The van der Waals surface area contributed by atoms with Crippen molar-refractivity contribution in [3.05, 3.63) is 70.4 Å². The molecule has 0 bridgehead atoms. The fraction of sp³-hybridized carbons (Fsp3) is 0.333. The summed E-state index contributed by atoms with van der Waals surface area (Å²) in [5, 5.41) is 11.9. The molecule has 200 valence electrons. The molecule has 4 rings (SSSR count). The largest absolute Gasteiger partial charge is 0.493 e. The van der Waals surface area contributed by atoms with Crippen molar-refractivity contribution in [2.75, 3.05) is 50.8 Å². The van der Waals surface area contributed by atoms with Crippen LogP contribution in [-0.4, -0.2) is 67.8 Å². The number of carbonyl (C=O) groups excluding carboxylic acids is 1. The molecule has 1 aliphatic heterocycles. The van der Waals surface area contributed by atoms with Crippen LogP contribution in [0.5, 0.6) is 17.2 Å². The van der Waals surface area contributed by atoms with Crippen molar-refractivity contribution < 1.29 is 23.9 Å². The Kier molecular flexibility index (Phi) is 7.85. The van der Waals surface area contributed by atoms with E-state index in [9.17, 15) is 14.9 Å². The highest BCUT2D eigenvalue weighted by molar-refractivity contribution is 6.02. The van der Waals surface area contributed by atoms with Gasteiger partial charge in [0.15, 0.2) is 11.5 Å². The lowest BCUT2D eigenvalue weighted by Crippen LogP contribution is -2.56. The maximum Gasteiger partial charge on any atom is 0.330 e. The van der Waals surface area contributed by atoms with Crippen LogP contribution in [0.25, 0.3) is 0 Å². The quantitative estimate of drug-likeness (QED) is 0.322. The number of benzene rings is 2. The maximum atomic E-state index is 14.2. The summed E-state index contributed by atoms with van der Waals surface area (Å²) in [4.78, 5) is 35.0. The molecule has 11 heteroatoms. The number of carbonyl (C=O) groups is 1. The molecular weight excluding hydrogens is 490 g/mol. The number of aryl methyl sites for hydroxylation is 1. The van der Waals surface area contributed by atoms with Crippen molar-refractivity contribution in [1.29, 1.82) is 0 Å². The summed E-state index contributed by atoms with van der Waals surface area (Å²) in [7, 11) is 4.36. The van der Waals surface area contributed by atoms with Crippen molar-refractivity contribution in [3.63, 3.8) is 0 Å². The second-order valence-corrected chi connectivity index (χ2v) is 8.90. The molecule has 2 amide bonds. The molecule has 0 N–H and O–H groups in total. The zero-order chi connectivity index (χ0) is 27.4. The third kappa shape index (κ3) is 4.99. The number of methoxy groups -OCH3 is 3. The Balaban J connectivity index is 1.77. The highest BCUT2D eigenvalue weighted by atomic mass is 16.6. The third-order valence-corrected chi connectivity index (χ3v) is 6.52. The van der Waals surface area contributed by atoms with Crippen LogP contribution >= 0.6 is 0 Å². The summed E-state index contributed by atoms with van der Waals surface area (Å²) in [6.45, 7) is 5.50. The van der Waals surface area contributed by atoms with E-state index in [0.29, 0.717) is 25.4 Å². The minimum Gasteiger partial charge on any atom is -0.493 e. The number of pyridine rings is 1. The molecule has 1 saturated heterocycles. The van der Waals surface area contributed by atoms with Gasteiger partial charge in [0.2, 0.25) is 11.6 Å². The van der Waals surface area contributed by atoms with Gasteiger partial charge in [-0.3, -0.25) is 10.1 Å². The van der Waals surface area contributed by atoms with Gasteiger partial charge in [0.25, 0.3) is 0 Å². The number of urea groups is 1. The molecule has 2 aromatic carbocycles. The van der Waals surface area contributed by atoms with Crippen LogP contribution < -0.4 is 24.0 Å². The molecule has 1 atom stereocenters. The topological polar surface area (TPSA) is 111 Å². The van der Waals surface area contributed by atoms with E-state index in [0.717, 1.165) is 11.3 Å². The maximum absolute atomic E-state index is 14.2. The third-order valence-electron chi connectivity index (χ3n) is 6.52. The lowest BCUT2D eigenvalue weighted by atomic mass is 10.1. The van der Waals surface area contributed by atoms with E-state index >= 15 is 0 Å². The minimum absolute atomic E-state index is 0.00219. The summed E-state index contributed by atoms with van der Waals surface area (Å²) in [6.07, 6.45) is 1.41. The minimum atomic E-state index is -0.561. The van der Waals surface area contributed by atoms with Gasteiger partial charge in [-0.15, -0.1) is 0 Å². The van der Waals surface area contributed by atoms with E-state index in [-0.39, 0.29) is 34.7 Å². The van der Waals surface area contributed by atoms with Crippen LogP contribution in [0.15, 0.2) is 54.7 Å². The molecule has 11 nitrogen and oxygen atoms in total. The summed E-state index contributed by atoms with van der Waals surface area (Å²) in [5.74, 6) is 0.700. The molecule has 3 aromatic rings. The fourth-order valence-electron chi connectivity index (χ4n) is 4.74. The van der Waals surface area contributed by atoms with Gasteiger partial charge < -0.3 is 24.0 Å². The molecule has 0 saturated carbocycles. The van der Waals surface area contributed by atoms with Gasteiger partial charge >= 0.3 is 11.7 Å². The van der Waals surface area contributed by atoms with Gasteiger partial charge in [-0.1, -0.05) is 12.1 Å². The van der Waals surface area contributed by atoms with Crippen molar-refractivity contribution in [3.8, 4) is 17.2 Å². The number of anilines is 3.